The van der Waals surface area contributed by atoms with Gasteiger partial charge in [-0.15, -0.1) is 0 Å². The number of nitrogens with one attached hydrogen (secondary N) is 2. The first-order chi connectivity index (χ1) is 12.2. The lowest BCUT2D eigenvalue weighted by Crippen LogP contribution is -2.09. The summed E-state index contributed by atoms with van der Waals surface area (Å²) in [7, 11) is 1.55. The summed E-state index contributed by atoms with van der Waals surface area (Å²) in [5.74, 6) is 1.000. The van der Waals surface area contributed by atoms with Crippen LogP contribution < -0.4 is 15.4 Å². The van der Waals surface area contributed by atoms with E-state index in [0.717, 1.165) is 18.7 Å². The molecule has 0 amide bonds. The maximum atomic E-state index is 5.15. The molecule has 1 aromatic heterocycles. The van der Waals surface area contributed by atoms with Crippen molar-refractivity contribution in [2.45, 2.75) is 53.4 Å². The number of methoxy groups -OCH3 is 1. The van der Waals surface area contributed by atoms with E-state index in [1.165, 1.54) is 24.8 Å². The summed E-state index contributed by atoms with van der Waals surface area (Å²) in [4.78, 5) is 12.9. The van der Waals surface area contributed by atoms with Gasteiger partial charge in [0.1, 0.15) is 0 Å². The molecule has 1 aromatic carbocycles. The van der Waals surface area contributed by atoms with Gasteiger partial charge in [-0.1, -0.05) is 57.7 Å². The summed E-state index contributed by atoms with van der Waals surface area (Å²) in [6, 6.07) is 8.35. The van der Waals surface area contributed by atoms with Crippen LogP contribution in [0.2, 0.25) is 0 Å². The van der Waals surface area contributed by atoms with Crippen LogP contribution >= 0.6 is 0 Å². The number of aromatic nitrogens is 3. The highest BCUT2D eigenvalue weighted by molar-refractivity contribution is 5.54. The molecule has 0 aliphatic rings. The predicted molar refractivity (Wildman–Crippen MR) is 105 cm³/mol. The Bertz CT molecular complexity index is 601. The van der Waals surface area contributed by atoms with Crippen molar-refractivity contribution in [3.63, 3.8) is 0 Å². The maximum Gasteiger partial charge on any atom is 0.322 e. The number of hydrogen-bond acceptors (Lipinski definition) is 6. The van der Waals surface area contributed by atoms with E-state index in [1.807, 2.05) is 38.1 Å². The zero-order valence-electron chi connectivity index (χ0n) is 16.1. The molecule has 0 spiro atoms. The fraction of sp³-hybridized carbons (Fsp3) is 0.526. The van der Waals surface area contributed by atoms with Crippen LogP contribution in [0.5, 0.6) is 6.01 Å². The molecule has 0 radical (unpaired) electrons. The van der Waals surface area contributed by atoms with E-state index < -0.39 is 0 Å². The minimum atomic E-state index is 0.297. The van der Waals surface area contributed by atoms with Gasteiger partial charge >= 0.3 is 6.01 Å². The Morgan fingerprint density at radius 1 is 0.920 bits per heavy atom. The van der Waals surface area contributed by atoms with Crippen LogP contribution in [0.25, 0.3) is 0 Å². The summed E-state index contributed by atoms with van der Waals surface area (Å²) < 4.78 is 5.15. The quantitative estimate of drug-likeness (QED) is 0.627. The summed E-state index contributed by atoms with van der Waals surface area (Å²) in [6.07, 6.45) is 4.79. The number of anilines is 3. The highest BCUT2D eigenvalue weighted by Crippen LogP contribution is 2.17. The van der Waals surface area contributed by atoms with E-state index in [1.54, 1.807) is 7.11 Å². The van der Waals surface area contributed by atoms with Gasteiger partial charge in [-0.05, 0) is 25.5 Å². The minimum absolute atomic E-state index is 0.297. The molecule has 0 aliphatic carbocycles. The molecule has 0 aliphatic heterocycles. The topological polar surface area (TPSA) is 72.0 Å². The van der Waals surface area contributed by atoms with Crippen LogP contribution in [0.15, 0.2) is 24.3 Å². The molecule has 2 aromatic rings. The van der Waals surface area contributed by atoms with Gasteiger partial charge in [0.25, 0.3) is 0 Å². The third-order valence-electron chi connectivity index (χ3n) is 3.42. The maximum absolute atomic E-state index is 5.15. The van der Waals surface area contributed by atoms with E-state index in [9.17, 15) is 0 Å². The number of unbranched alkanes of at least 4 members (excludes halogenated alkanes) is 3. The summed E-state index contributed by atoms with van der Waals surface area (Å²) in [5.41, 5.74) is 2.14. The van der Waals surface area contributed by atoms with Crippen LogP contribution in [-0.4, -0.2) is 28.6 Å². The molecule has 6 heteroatoms. The molecular weight excluding hydrogens is 314 g/mol. The van der Waals surface area contributed by atoms with Crippen molar-refractivity contribution in [3.8, 4) is 6.01 Å². The van der Waals surface area contributed by atoms with Crippen molar-refractivity contribution in [3.05, 3.63) is 29.8 Å². The zero-order chi connectivity index (χ0) is 18.5. The highest BCUT2D eigenvalue weighted by atomic mass is 16.5. The van der Waals surface area contributed by atoms with E-state index in [4.69, 9.17) is 4.74 Å². The van der Waals surface area contributed by atoms with E-state index >= 15 is 0 Å². The fourth-order valence-electron chi connectivity index (χ4n) is 2.10. The highest BCUT2D eigenvalue weighted by Gasteiger charge is 2.07. The molecule has 138 valence electrons. The smallest absolute Gasteiger partial charge is 0.322 e. The van der Waals surface area contributed by atoms with Crippen LogP contribution in [0.3, 0.4) is 0 Å². The van der Waals surface area contributed by atoms with E-state index in [2.05, 4.69) is 39.4 Å². The second kappa shape index (κ2) is 12.1. The van der Waals surface area contributed by atoms with Gasteiger partial charge in [0.05, 0.1) is 7.11 Å². The lowest BCUT2D eigenvalue weighted by atomic mass is 10.2. The first kappa shape index (κ1) is 20.7. The number of hydrogen-bond donors (Lipinski definition) is 2. The third-order valence-corrected chi connectivity index (χ3v) is 3.42. The van der Waals surface area contributed by atoms with Crippen molar-refractivity contribution in [1.29, 1.82) is 0 Å². The van der Waals surface area contributed by atoms with Gasteiger partial charge in [0, 0.05) is 12.2 Å². The Labute approximate surface area is 151 Å². The molecule has 0 saturated carbocycles. The van der Waals surface area contributed by atoms with Gasteiger partial charge < -0.3 is 15.4 Å². The summed E-state index contributed by atoms with van der Waals surface area (Å²) in [5, 5.41) is 6.41. The zero-order valence-corrected chi connectivity index (χ0v) is 16.1. The van der Waals surface area contributed by atoms with Gasteiger partial charge in [-0.25, -0.2) is 0 Å². The van der Waals surface area contributed by atoms with Crippen molar-refractivity contribution in [2.24, 2.45) is 0 Å². The molecule has 0 fully saturated rings. The third kappa shape index (κ3) is 7.83. The Hall–Kier alpha value is -2.37. The fourth-order valence-corrected chi connectivity index (χ4v) is 2.10. The van der Waals surface area contributed by atoms with Crippen molar-refractivity contribution in [2.75, 3.05) is 24.3 Å². The number of nitrogens with zero attached hydrogens (tertiary/aromatic N) is 3. The molecule has 25 heavy (non-hydrogen) atoms. The van der Waals surface area contributed by atoms with Gasteiger partial charge in [0.2, 0.25) is 11.9 Å². The standard InChI is InChI=1S/C17H25N5O.C2H6/c1-4-5-6-7-12-18-15-20-16(22-17(21-15)23-3)19-14-10-8-13(2)9-11-14;1-2/h8-11H,4-7,12H2,1-3H3,(H2,18,19,20,21,22);1-2H3. The Kier molecular flexibility index (Phi) is 9.97. The number of ether oxygens (including phenoxy) is 1. The second-order valence-corrected chi connectivity index (χ2v) is 5.45. The summed E-state index contributed by atoms with van der Waals surface area (Å²) in [6.45, 7) is 9.10. The average Bonchev–Trinajstić information content (AvgIpc) is 2.65. The summed E-state index contributed by atoms with van der Waals surface area (Å²) >= 11 is 0. The van der Waals surface area contributed by atoms with Crippen molar-refractivity contribution < 1.29 is 4.74 Å². The van der Waals surface area contributed by atoms with Gasteiger partial charge in [-0.3, -0.25) is 0 Å². The largest absolute Gasteiger partial charge is 0.467 e. The SMILES string of the molecule is CC.CCCCCCNc1nc(Nc2ccc(C)cc2)nc(OC)n1. The molecule has 0 atom stereocenters. The second-order valence-electron chi connectivity index (χ2n) is 5.45. The number of benzene rings is 1. The molecule has 1 heterocycles. The Balaban J connectivity index is 0.00000151. The Morgan fingerprint density at radius 2 is 1.60 bits per heavy atom. The van der Waals surface area contributed by atoms with E-state index in [0.29, 0.717) is 17.9 Å². The first-order valence-corrected chi connectivity index (χ1v) is 9.09. The molecular formula is C19H31N5O. The number of aryl methyl sites for hydroxylation is 1. The first-order valence-electron chi connectivity index (χ1n) is 9.09. The molecule has 0 unspecified atom stereocenters. The van der Waals surface area contributed by atoms with Crippen LogP contribution in [0, 0.1) is 6.92 Å². The minimum Gasteiger partial charge on any atom is -0.467 e. The predicted octanol–water partition coefficient (Wildman–Crippen LogP) is 4.95. The van der Waals surface area contributed by atoms with Crippen molar-refractivity contribution in [1.82, 2.24) is 15.0 Å². The van der Waals surface area contributed by atoms with Gasteiger partial charge in [-0.2, -0.15) is 15.0 Å². The van der Waals surface area contributed by atoms with Crippen molar-refractivity contribution >= 4 is 17.6 Å². The van der Waals surface area contributed by atoms with Crippen LogP contribution in [-0.2, 0) is 0 Å². The monoisotopic (exact) mass is 345 g/mol. The lowest BCUT2D eigenvalue weighted by Gasteiger charge is -2.09. The normalized spacial score (nSPS) is 9.80. The molecule has 2 rings (SSSR count). The van der Waals surface area contributed by atoms with Crippen LogP contribution in [0.1, 0.15) is 52.0 Å². The lowest BCUT2D eigenvalue weighted by molar-refractivity contribution is 0.379. The molecule has 0 bridgehead atoms. The van der Waals surface area contributed by atoms with E-state index in [-0.39, 0.29) is 0 Å². The molecule has 0 saturated heterocycles. The average molecular weight is 345 g/mol. The van der Waals surface area contributed by atoms with Gasteiger partial charge in [0.15, 0.2) is 0 Å². The molecule has 6 nitrogen and oxygen atoms in total. The van der Waals surface area contributed by atoms with Crippen LogP contribution in [0.4, 0.5) is 17.6 Å². The molecule has 2 N–H and O–H groups in total. The number of rotatable bonds is 9. The Morgan fingerprint density at radius 3 is 2.24 bits per heavy atom.